The van der Waals surface area contributed by atoms with E-state index < -0.39 is 0 Å². The fourth-order valence-corrected chi connectivity index (χ4v) is 2.35. The first-order valence-corrected chi connectivity index (χ1v) is 6.69. The Labute approximate surface area is 109 Å². The summed E-state index contributed by atoms with van der Waals surface area (Å²) < 4.78 is 6.30. The van der Waals surface area contributed by atoms with Crippen molar-refractivity contribution in [1.82, 2.24) is 10.2 Å². The Balaban J connectivity index is 1.76. The molecule has 1 aromatic rings. The standard InChI is InChI=1S/C12H17BrN2O2/c1-9(8-15-5-2-3-12(15)16)14-7-11-10(13)4-6-17-11/h4,6,9,14H,2-3,5,7-8H2,1H3. The van der Waals surface area contributed by atoms with E-state index in [9.17, 15) is 4.79 Å². The van der Waals surface area contributed by atoms with Gasteiger partial charge in [0.1, 0.15) is 5.76 Å². The molecule has 1 aliphatic heterocycles. The second-order valence-electron chi connectivity index (χ2n) is 4.42. The third-order valence-corrected chi connectivity index (χ3v) is 3.67. The van der Waals surface area contributed by atoms with Gasteiger partial charge < -0.3 is 14.6 Å². The summed E-state index contributed by atoms with van der Waals surface area (Å²) in [6.45, 7) is 4.44. The van der Waals surface area contributed by atoms with Crippen molar-refractivity contribution in [3.05, 3.63) is 22.6 Å². The summed E-state index contributed by atoms with van der Waals surface area (Å²) in [5.74, 6) is 1.17. The molecular weight excluding hydrogens is 284 g/mol. The average Bonchev–Trinajstić information content (AvgIpc) is 2.86. The number of nitrogens with zero attached hydrogens (tertiary/aromatic N) is 1. The zero-order valence-corrected chi connectivity index (χ0v) is 11.5. The Morgan fingerprint density at radius 2 is 2.47 bits per heavy atom. The van der Waals surface area contributed by atoms with Crippen LogP contribution in [0.4, 0.5) is 0 Å². The average molecular weight is 301 g/mol. The molecule has 0 spiro atoms. The van der Waals surface area contributed by atoms with Crippen LogP contribution < -0.4 is 5.32 Å². The second-order valence-corrected chi connectivity index (χ2v) is 5.27. The highest BCUT2D eigenvalue weighted by Gasteiger charge is 2.21. The number of carbonyl (C=O) groups is 1. The molecule has 1 aromatic heterocycles. The molecule has 1 unspecified atom stereocenters. The normalized spacial score (nSPS) is 17.8. The van der Waals surface area contributed by atoms with Crippen LogP contribution >= 0.6 is 15.9 Å². The Morgan fingerprint density at radius 3 is 3.06 bits per heavy atom. The zero-order valence-electron chi connectivity index (χ0n) is 9.91. The molecule has 17 heavy (non-hydrogen) atoms. The topological polar surface area (TPSA) is 45.5 Å². The molecule has 2 heterocycles. The summed E-state index contributed by atoms with van der Waals surface area (Å²) in [7, 11) is 0. The van der Waals surface area contributed by atoms with Crippen LogP contribution in [0.5, 0.6) is 0 Å². The quantitative estimate of drug-likeness (QED) is 0.906. The highest BCUT2D eigenvalue weighted by atomic mass is 79.9. The molecule has 2 rings (SSSR count). The van der Waals surface area contributed by atoms with Gasteiger partial charge in [-0.05, 0) is 35.3 Å². The minimum Gasteiger partial charge on any atom is -0.467 e. The van der Waals surface area contributed by atoms with Gasteiger partial charge in [-0.25, -0.2) is 0 Å². The number of hydrogen-bond acceptors (Lipinski definition) is 3. The van der Waals surface area contributed by atoms with Gasteiger partial charge in [0, 0.05) is 25.6 Å². The Hall–Kier alpha value is -0.810. The van der Waals surface area contributed by atoms with Crippen molar-refractivity contribution in [2.75, 3.05) is 13.1 Å². The molecule has 0 aliphatic carbocycles. The van der Waals surface area contributed by atoms with Gasteiger partial charge in [-0.15, -0.1) is 0 Å². The number of likely N-dealkylation sites (tertiary alicyclic amines) is 1. The first-order chi connectivity index (χ1) is 8.16. The van der Waals surface area contributed by atoms with Gasteiger partial charge in [-0.2, -0.15) is 0 Å². The molecule has 1 saturated heterocycles. The van der Waals surface area contributed by atoms with Crippen molar-refractivity contribution in [1.29, 1.82) is 0 Å². The van der Waals surface area contributed by atoms with Gasteiger partial charge in [-0.1, -0.05) is 0 Å². The number of rotatable bonds is 5. The van der Waals surface area contributed by atoms with E-state index in [4.69, 9.17) is 4.42 Å². The van der Waals surface area contributed by atoms with Crippen LogP contribution in [0.15, 0.2) is 21.2 Å². The predicted octanol–water partition coefficient (Wildman–Crippen LogP) is 2.14. The molecule has 1 N–H and O–H groups in total. The summed E-state index contributed by atoms with van der Waals surface area (Å²) in [4.78, 5) is 13.4. The SMILES string of the molecule is CC(CN1CCCC1=O)NCc1occc1Br. The number of halogens is 1. The van der Waals surface area contributed by atoms with E-state index in [0.29, 0.717) is 13.0 Å². The lowest BCUT2D eigenvalue weighted by atomic mass is 10.3. The first-order valence-electron chi connectivity index (χ1n) is 5.90. The van der Waals surface area contributed by atoms with E-state index in [1.54, 1.807) is 6.26 Å². The largest absolute Gasteiger partial charge is 0.467 e. The van der Waals surface area contributed by atoms with E-state index >= 15 is 0 Å². The van der Waals surface area contributed by atoms with Crippen molar-refractivity contribution in [3.63, 3.8) is 0 Å². The summed E-state index contributed by atoms with van der Waals surface area (Å²) >= 11 is 3.42. The van der Waals surface area contributed by atoms with Crippen LogP contribution in [0.3, 0.4) is 0 Å². The third-order valence-electron chi connectivity index (χ3n) is 2.97. The molecule has 0 bridgehead atoms. The number of nitrogens with one attached hydrogen (secondary N) is 1. The van der Waals surface area contributed by atoms with Crippen LogP contribution in [-0.4, -0.2) is 29.9 Å². The summed E-state index contributed by atoms with van der Waals surface area (Å²) in [5, 5.41) is 3.36. The zero-order chi connectivity index (χ0) is 12.3. The molecule has 5 heteroatoms. The van der Waals surface area contributed by atoms with Crippen molar-refractivity contribution in [3.8, 4) is 0 Å². The number of hydrogen-bond donors (Lipinski definition) is 1. The smallest absolute Gasteiger partial charge is 0.222 e. The summed E-state index contributed by atoms with van der Waals surface area (Å²) in [6, 6.07) is 2.15. The molecule has 4 nitrogen and oxygen atoms in total. The Kier molecular flexibility index (Phi) is 4.23. The summed E-state index contributed by atoms with van der Waals surface area (Å²) in [6.07, 6.45) is 3.36. The Bertz CT molecular complexity index is 392. The fraction of sp³-hybridized carbons (Fsp3) is 0.583. The molecule has 0 saturated carbocycles. The maximum absolute atomic E-state index is 11.5. The van der Waals surface area contributed by atoms with E-state index in [1.165, 1.54) is 0 Å². The third kappa shape index (κ3) is 3.33. The van der Waals surface area contributed by atoms with Gasteiger partial charge in [0.05, 0.1) is 17.3 Å². The van der Waals surface area contributed by atoms with Gasteiger partial charge in [0.2, 0.25) is 5.91 Å². The van der Waals surface area contributed by atoms with Gasteiger partial charge in [-0.3, -0.25) is 4.79 Å². The van der Waals surface area contributed by atoms with Crippen molar-refractivity contribution in [2.24, 2.45) is 0 Å². The summed E-state index contributed by atoms with van der Waals surface area (Å²) in [5.41, 5.74) is 0. The van der Waals surface area contributed by atoms with E-state index in [1.807, 2.05) is 11.0 Å². The minimum atomic E-state index is 0.272. The molecule has 0 aromatic carbocycles. The lowest BCUT2D eigenvalue weighted by Crippen LogP contribution is -2.39. The fourth-order valence-electron chi connectivity index (χ4n) is 2.01. The minimum absolute atomic E-state index is 0.272. The second kappa shape index (κ2) is 5.69. The van der Waals surface area contributed by atoms with Crippen LogP contribution in [0.2, 0.25) is 0 Å². The molecular formula is C12H17BrN2O2. The van der Waals surface area contributed by atoms with Crippen LogP contribution in [0, 0.1) is 0 Å². The van der Waals surface area contributed by atoms with Crippen LogP contribution in [-0.2, 0) is 11.3 Å². The number of amides is 1. The number of furan rings is 1. The highest BCUT2D eigenvalue weighted by Crippen LogP contribution is 2.17. The van der Waals surface area contributed by atoms with Crippen molar-refractivity contribution < 1.29 is 9.21 Å². The maximum atomic E-state index is 11.5. The van der Waals surface area contributed by atoms with Gasteiger partial charge in [0.15, 0.2) is 0 Å². The monoisotopic (exact) mass is 300 g/mol. The molecule has 1 fully saturated rings. The van der Waals surface area contributed by atoms with Gasteiger partial charge >= 0.3 is 0 Å². The molecule has 1 aliphatic rings. The maximum Gasteiger partial charge on any atom is 0.222 e. The van der Waals surface area contributed by atoms with E-state index in [2.05, 4.69) is 28.2 Å². The predicted molar refractivity (Wildman–Crippen MR) is 68.5 cm³/mol. The van der Waals surface area contributed by atoms with Crippen LogP contribution in [0.25, 0.3) is 0 Å². The Morgan fingerprint density at radius 1 is 1.65 bits per heavy atom. The lowest BCUT2D eigenvalue weighted by molar-refractivity contribution is -0.127. The van der Waals surface area contributed by atoms with E-state index in [-0.39, 0.29) is 11.9 Å². The van der Waals surface area contributed by atoms with Crippen LogP contribution in [0.1, 0.15) is 25.5 Å². The molecule has 94 valence electrons. The first kappa shape index (κ1) is 12.6. The molecule has 1 amide bonds. The van der Waals surface area contributed by atoms with Crippen molar-refractivity contribution >= 4 is 21.8 Å². The number of carbonyl (C=O) groups excluding carboxylic acids is 1. The molecule has 1 atom stereocenters. The van der Waals surface area contributed by atoms with E-state index in [0.717, 1.165) is 29.7 Å². The molecule has 0 radical (unpaired) electrons. The highest BCUT2D eigenvalue weighted by molar-refractivity contribution is 9.10. The lowest BCUT2D eigenvalue weighted by Gasteiger charge is -2.21. The van der Waals surface area contributed by atoms with Crippen molar-refractivity contribution in [2.45, 2.75) is 32.4 Å². The van der Waals surface area contributed by atoms with Gasteiger partial charge in [0.25, 0.3) is 0 Å².